The number of pyridine rings is 1. The molecule has 1 N–H and O–H groups in total. The van der Waals surface area contributed by atoms with Crippen LogP contribution in [0.5, 0.6) is 0 Å². The van der Waals surface area contributed by atoms with Crippen molar-refractivity contribution in [2.45, 2.75) is 24.7 Å². The Hall–Kier alpha value is -1.43. The Morgan fingerprint density at radius 1 is 1.40 bits per heavy atom. The fraction of sp³-hybridized carbons (Fsp3) is 0.333. The van der Waals surface area contributed by atoms with Gasteiger partial charge in [-0.25, -0.2) is 8.42 Å². The Kier molecular flexibility index (Phi) is 2.22. The molecule has 80 valence electrons. The summed E-state index contributed by atoms with van der Waals surface area (Å²) in [6.07, 6.45) is 1.51. The van der Waals surface area contributed by atoms with Crippen LogP contribution in [0.25, 0.3) is 0 Å². The van der Waals surface area contributed by atoms with E-state index in [-0.39, 0.29) is 10.8 Å². The van der Waals surface area contributed by atoms with E-state index in [1.807, 2.05) is 13.8 Å². The lowest BCUT2D eigenvalue weighted by Crippen LogP contribution is -2.15. The Balaban J connectivity index is 2.71. The molecule has 2 heterocycles. The van der Waals surface area contributed by atoms with Gasteiger partial charge in [0.2, 0.25) is 9.84 Å². The van der Waals surface area contributed by atoms with Crippen LogP contribution >= 0.6 is 0 Å². The maximum absolute atomic E-state index is 11.6. The van der Waals surface area contributed by atoms with Gasteiger partial charge in [0, 0.05) is 6.20 Å². The third kappa shape index (κ3) is 1.61. The van der Waals surface area contributed by atoms with Crippen LogP contribution in [0, 0.1) is 0 Å². The van der Waals surface area contributed by atoms with Gasteiger partial charge in [0.15, 0.2) is 0 Å². The lowest BCUT2D eigenvalue weighted by Gasteiger charge is -2.16. The van der Waals surface area contributed by atoms with Crippen LogP contribution in [0.3, 0.4) is 0 Å². The number of aromatic nitrogens is 1. The molecule has 0 unspecified atom stereocenters. The minimum absolute atomic E-state index is 0.149. The fourth-order valence-corrected chi connectivity index (χ4v) is 2.45. The molecule has 2 rings (SSSR count). The fourth-order valence-electron chi connectivity index (χ4n) is 1.46. The monoisotopic (exact) mass is 225 g/mol. The van der Waals surface area contributed by atoms with E-state index in [1.165, 1.54) is 12.3 Å². The summed E-state index contributed by atoms with van der Waals surface area (Å²) in [4.78, 5) is 4.40. The first kappa shape index (κ1) is 10.1. The van der Waals surface area contributed by atoms with E-state index in [0.29, 0.717) is 11.4 Å². The molecule has 0 bridgehead atoms. The van der Waals surface area contributed by atoms with Crippen molar-refractivity contribution >= 4 is 21.1 Å². The predicted octanol–water partition coefficient (Wildman–Crippen LogP) is 1.35. The highest BCUT2D eigenvalue weighted by Gasteiger charge is 2.24. The quantitative estimate of drug-likeness (QED) is 0.783. The number of rotatable bonds is 1. The summed E-state index contributed by atoms with van der Waals surface area (Å²) in [6.45, 7) is 3.91. The van der Waals surface area contributed by atoms with E-state index in [9.17, 15) is 8.42 Å². The summed E-state index contributed by atoms with van der Waals surface area (Å²) >= 11 is 0. The minimum atomic E-state index is -3.39. The van der Waals surface area contributed by atoms with Crippen molar-refractivity contribution in [3.05, 3.63) is 18.0 Å². The van der Waals surface area contributed by atoms with E-state index >= 15 is 0 Å². The molecule has 0 saturated carbocycles. The molecule has 0 fully saturated rings. The van der Waals surface area contributed by atoms with E-state index in [1.54, 1.807) is 0 Å². The molecule has 0 amide bonds. The van der Waals surface area contributed by atoms with Crippen molar-refractivity contribution < 1.29 is 8.42 Å². The van der Waals surface area contributed by atoms with Gasteiger partial charge in [0.05, 0.1) is 11.4 Å². The Bertz CT molecular complexity index is 520. The third-order valence-electron chi connectivity index (χ3n) is 2.16. The zero-order valence-corrected chi connectivity index (χ0v) is 9.25. The van der Waals surface area contributed by atoms with Gasteiger partial charge < -0.3 is 0 Å². The number of hydrazone groups is 1. The smallest absolute Gasteiger partial charge is 0.220 e. The maximum Gasteiger partial charge on any atom is 0.220 e. The summed E-state index contributed by atoms with van der Waals surface area (Å²) < 4.78 is 23.3. The van der Waals surface area contributed by atoms with Crippen LogP contribution in [-0.2, 0) is 9.84 Å². The lowest BCUT2D eigenvalue weighted by molar-refractivity contribution is 0.607. The summed E-state index contributed by atoms with van der Waals surface area (Å²) in [5.74, 6) is 0.149. The summed E-state index contributed by atoms with van der Waals surface area (Å²) in [6, 6.07) is 1.48. The van der Waals surface area contributed by atoms with Gasteiger partial charge in [-0.2, -0.15) is 5.10 Å². The lowest BCUT2D eigenvalue weighted by atomic mass is 10.1. The van der Waals surface area contributed by atoms with Crippen molar-refractivity contribution in [2.75, 3.05) is 5.43 Å². The second-order valence-corrected chi connectivity index (χ2v) is 5.36. The van der Waals surface area contributed by atoms with E-state index in [4.69, 9.17) is 0 Å². The molecule has 15 heavy (non-hydrogen) atoms. The number of hydrogen-bond acceptors (Lipinski definition) is 5. The average molecular weight is 225 g/mol. The average Bonchev–Trinajstić information content (AvgIpc) is 2.16. The van der Waals surface area contributed by atoms with Crippen molar-refractivity contribution in [3.8, 4) is 0 Å². The third-order valence-corrected chi connectivity index (χ3v) is 3.50. The van der Waals surface area contributed by atoms with Crippen molar-refractivity contribution in [3.63, 3.8) is 0 Å². The molecule has 0 radical (unpaired) electrons. The van der Waals surface area contributed by atoms with Crippen LogP contribution in [0.15, 0.2) is 22.3 Å². The van der Waals surface area contributed by atoms with Gasteiger partial charge in [0.25, 0.3) is 0 Å². The van der Waals surface area contributed by atoms with Gasteiger partial charge in [-0.1, -0.05) is 13.8 Å². The van der Waals surface area contributed by atoms with Gasteiger partial charge in [-0.05, 0) is 12.0 Å². The van der Waals surface area contributed by atoms with Crippen molar-refractivity contribution in [1.29, 1.82) is 0 Å². The van der Waals surface area contributed by atoms with Gasteiger partial charge >= 0.3 is 0 Å². The molecule has 1 aliphatic rings. The van der Waals surface area contributed by atoms with Gasteiger partial charge in [0.1, 0.15) is 10.4 Å². The number of nitrogens with zero attached hydrogens (tertiary/aromatic N) is 2. The standard InChI is InChI=1S/C9H11N3O2S/c1-6(2)8-9-7(3-4-10-8)15(13,14)5-11-12-9/h3-6,12H,1-2H3. The highest BCUT2D eigenvalue weighted by atomic mass is 32.2. The van der Waals surface area contributed by atoms with E-state index in [2.05, 4.69) is 15.5 Å². The largest absolute Gasteiger partial charge is 0.275 e. The molecule has 1 aromatic heterocycles. The topological polar surface area (TPSA) is 71.4 Å². The second kappa shape index (κ2) is 3.30. The maximum atomic E-state index is 11.6. The molecule has 5 nitrogen and oxygen atoms in total. The Morgan fingerprint density at radius 2 is 2.13 bits per heavy atom. The predicted molar refractivity (Wildman–Crippen MR) is 57.6 cm³/mol. The van der Waals surface area contributed by atoms with Gasteiger partial charge in [-0.15, -0.1) is 0 Å². The molecular weight excluding hydrogens is 214 g/mol. The first-order chi connectivity index (χ1) is 7.02. The van der Waals surface area contributed by atoms with Gasteiger partial charge in [-0.3, -0.25) is 10.4 Å². The summed E-state index contributed by atoms with van der Waals surface area (Å²) in [5, 5.41) is 3.61. The minimum Gasteiger partial charge on any atom is -0.275 e. The molecule has 6 heteroatoms. The van der Waals surface area contributed by atoms with Crippen LogP contribution in [-0.4, -0.2) is 18.9 Å². The Labute approximate surface area is 88.1 Å². The molecule has 0 aliphatic carbocycles. The number of nitrogens with one attached hydrogen (secondary N) is 1. The highest BCUT2D eigenvalue weighted by Crippen LogP contribution is 2.30. The first-order valence-electron chi connectivity index (χ1n) is 4.55. The molecule has 0 aromatic carbocycles. The van der Waals surface area contributed by atoms with Crippen molar-refractivity contribution in [2.24, 2.45) is 5.10 Å². The molecule has 1 aromatic rings. The highest BCUT2D eigenvalue weighted by molar-refractivity contribution is 8.04. The summed E-state index contributed by atoms with van der Waals surface area (Å²) in [7, 11) is -3.39. The zero-order valence-electron chi connectivity index (χ0n) is 8.43. The number of sulfone groups is 1. The normalized spacial score (nSPS) is 17.3. The number of hydrogen-bond donors (Lipinski definition) is 1. The Morgan fingerprint density at radius 3 is 2.80 bits per heavy atom. The molecule has 1 aliphatic heterocycles. The first-order valence-corrected chi connectivity index (χ1v) is 6.10. The van der Waals surface area contributed by atoms with Crippen molar-refractivity contribution in [1.82, 2.24) is 4.98 Å². The molecule has 0 spiro atoms. The molecule has 0 atom stereocenters. The molecule has 0 saturated heterocycles. The van der Waals surface area contributed by atoms with Crippen LogP contribution in [0.4, 0.5) is 5.69 Å². The number of anilines is 1. The summed E-state index contributed by atoms with van der Waals surface area (Å²) in [5.41, 5.74) is 4.82. The van der Waals surface area contributed by atoms with Crippen LogP contribution in [0.1, 0.15) is 25.5 Å². The van der Waals surface area contributed by atoms with E-state index < -0.39 is 9.84 Å². The van der Waals surface area contributed by atoms with E-state index in [0.717, 1.165) is 5.55 Å². The van der Waals surface area contributed by atoms with Crippen LogP contribution < -0.4 is 5.43 Å². The number of fused-ring (bicyclic) bond motifs is 1. The SMILES string of the molecule is CC(C)c1nccc2c1NN=CS2(=O)=O. The molecular formula is C9H11N3O2S. The zero-order chi connectivity index (χ0) is 11.1. The van der Waals surface area contributed by atoms with Crippen LogP contribution in [0.2, 0.25) is 0 Å². The second-order valence-electron chi connectivity index (χ2n) is 3.62.